The minimum absolute atomic E-state index is 0.486. The molecule has 0 aliphatic carbocycles. The third-order valence-corrected chi connectivity index (χ3v) is 3.10. The van der Waals surface area contributed by atoms with E-state index in [-0.39, 0.29) is 0 Å². The normalized spacial score (nSPS) is 10.4. The van der Waals surface area contributed by atoms with E-state index in [1.165, 1.54) is 0 Å². The van der Waals surface area contributed by atoms with Crippen molar-refractivity contribution in [3.63, 3.8) is 0 Å². The van der Waals surface area contributed by atoms with Gasteiger partial charge < -0.3 is 0 Å². The van der Waals surface area contributed by atoms with Crippen LogP contribution in [0.25, 0.3) is 0 Å². The van der Waals surface area contributed by atoms with Gasteiger partial charge in [-0.25, -0.2) is 4.39 Å². The lowest BCUT2D eigenvalue weighted by atomic mass is 10.3. The predicted molar refractivity (Wildman–Crippen MR) is 60.5 cm³/mol. The van der Waals surface area contributed by atoms with Crippen molar-refractivity contribution < 1.29 is 4.39 Å². The second-order valence-electron chi connectivity index (χ2n) is 2.89. The van der Waals surface area contributed by atoms with Crippen LogP contribution >= 0.6 is 23.4 Å². The summed E-state index contributed by atoms with van der Waals surface area (Å²) < 4.78 is 12.1. The molecule has 0 spiro atoms. The molecule has 1 heterocycles. The highest BCUT2D eigenvalue weighted by Gasteiger charge is 1.96. The Morgan fingerprint density at radius 3 is 2.86 bits per heavy atom. The Morgan fingerprint density at radius 1 is 1.43 bits per heavy atom. The van der Waals surface area contributed by atoms with Crippen LogP contribution in [0, 0.1) is 0 Å². The summed E-state index contributed by atoms with van der Waals surface area (Å²) in [7, 11) is 0. The maximum atomic E-state index is 12.1. The second kappa shape index (κ2) is 7.07. The molecular formula is C10H13ClFNS. The van der Waals surface area contributed by atoms with E-state index in [0.29, 0.717) is 11.6 Å². The summed E-state index contributed by atoms with van der Waals surface area (Å²) in [5.74, 6) is 2.71. The summed E-state index contributed by atoms with van der Waals surface area (Å²) in [5, 5.41) is 0. The zero-order chi connectivity index (χ0) is 10.2. The third-order valence-electron chi connectivity index (χ3n) is 1.71. The Hall–Kier alpha value is -0.280. The zero-order valence-corrected chi connectivity index (χ0v) is 9.45. The zero-order valence-electron chi connectivity index (χ0n) is 7.88. The number of hydrogen-bond acceptors (Lipinski definition) is 2. The van der Waals surface area contributed by atoms with Gasteiger partial charge in [0.1, 0.15) is 6.67 Å². The Balaban J connectivity index is 2.29. The van der Waals surface area contributed by atoms with Gasteiger partial charge in [-0.2, -0.15) is 11.8 Å². The lowest BCUT2D eigenvalue weighted by Crippen LogP contribution is -1.89. The average molecular weight is 234 g/mol. The highest BCUT2D eigenvalue weighted by atomic mass is 35.5. The Morgan fingerprint density at radius 2 is 2.29 bits per heavy atom. The molecule has 0 radical (unpaired) electrons. The molecule has 0 fully saturated rings. The molecule has 0 aliphatic heterocycles. The fourth-order valence-electron chi connectivity index (χ4n) is 0.966. The number of hydrogen-bond donors (Lipinski definition) is 0. The summed E-state index contributed by atoms with van der Waals surface area (Å²) in [6.07, 6.45) is 2.77. The third kappa shape index (κ3) is 4.29. The molecule has 1 aromatic rings. The standard InChI is InChI=1S/C10H13ClFNS/c11-4-1-5-14-8-9-2-3-10(6-12)13-7-9/h2-3,7H,1,4-6,8H2. The molecule has 0 aromatic carbocycles. The summed E-state index contributed by atoms with van der Waals surface area (Å²) >= 11 is 7.38. The second-order valence-corrected chi connectivity index (χ2v) is 4.37. The van der Waals surface area contributed by atoms with E-state index in [0.717, 1.165) is 23.5 Å². The fraction of sp³-hybridized carbons (Fsp3) is 0.500. The van der Waals surface area contributed by atoms with E-state index < -0.39 is 6.67 Å². The van der Waals surface area contributed by atoms with Gasteiger partial charge in [0, 0.05) is 17.8 Å². The number of halogens is 2. The first-order chi connectivity index (χ1) is 6.86. The molecule has 4 heteroatoms. The van der Waals surface area contributed by atoms with Crippen LogP contribution < -0.4 is 0 Å². The number of pyridine rings is 1. The Kier molecular flexibility index (Phi) is 5.96. The van der Waals surface area contributed by atoms with Gasteiger partial charge in [-0.1, -0.05) is 6.07 Å². The fourth-order valence-corrected chi connectivity index (χ4v) is 2.16. The smallest absolute Gasteiger partial charge is 0.131 e. The van der Waals surface area contributed by atoms with Crippen LogP contribution in [-0.4, -0.2) is 16.6 Å². The summed E-state index contributed by atoms with van der Waals surface area (Å²) in [6.45, 7) is -0.486. The van der Waals surface area contributed by atoms with E-state index in [1.54, 1.807) is 12.3 Å². The number of rotatable bonds is 6. The van der Waals surface area contributed by atoms with E-state index in [2.05, 4.69) is 4.98 Å². The van der Waals surface area contributed by atoms with Crippen molar-refractivity contribution in [2.24, 2.45) is 0 Å². The molecule has 14 heavy (non-hydrogen) atoms. The monoisotopic (exact) mass is 233 g/mol. The van der Waals surface area contributed by atoms with E-state index in [1.807, 2.05) is 17.8 Å². The molecule has 0 bridgehead atoms. The molecule has 0 N–H and O–H groups in total. The maximum absolute atomic E-state index is 12.1. The van der Waals surface area contributed by atoms with Crippen molar-refractivity contribution in [3.05, 3.63) is 29.6 Å². The van der Waals surface area contributed by atoms with Crippen molar-refractivity contribution in [2.75, 3.05) is 11.6 Å². The molecule has 0 amide bonds. The topological polar surface area (TPSA) is 12.9 Å². The molecule has 1 nitrogen and oxygen atoms in total. The highest BCUT2D eigenvalue weighted by Crippen LogP contribution is 2.13. The van der Waals surface area contributed by atoms with Crippen LogP contribution in [0.5, 0.6) is 0 Å². The van der Waals surface area contributed by atoms with E-state index in [4.69, 9.17) is 11.6 Å². The maximum Gasteiger partial charge on any atom is 0.131 e. The van der Waals surface area contributed by atoms with Crippen molar-refractivity contribution in [2.45, 2.75) is 18.8 Å². The van der Waals surface area contributed by atoms with Crippen molar-refractivity contribution in [1.82, 2.24) is 4.98 Å². The van der Waals surface area contributed by atoms with Gasteiger partial charge in [-0.3, -0.25) is 4.98 Å². The van der Waals surface area contributed by atoms with Gasteiger partial charge >= 0.3 is 0 Å². The number of nitrogens with zero attached hydrogens (tertiary/aromatic N) is 1. The molecule has 1 aromatic heterocycles. The van der Waals surface area contributed by atoms with Gasteiger partial charge in [-0.15, -0.1) is 11.6 Å². The van der Waals surface area contributed by atoms with Gasteiger partial charge in [-0.05, 0) is 23.8 Å². The molecule has 0 unspecified atom stereocenters. The SMILES string of the molecule is FCc1ccc(CSCCCCl)cn1. The number of alkyl halides is 2. The number of thioether (sulfide) groups is 1. The Labute approximate surface area is 93.1 Å². The van der Waals surface area contributed by atoms with Crippen LogP contribution in [0.3, 0.4) is 0 Å². The number of aromatic nitrogens is 1. The summed E-state index contributed by atoms with van der Waals surface area (Å²) in [4.78, 5) is 3.98. The van der Waals surface area contributed by atoms with E-state index >= 15 is 0 Å². The van der Waals surface area contributed by atoms with Crippen molar-refractivity contribution in [3.8, 4) is 0 Å². The van der Waals surface area contributed by atoms with Crippen LogP contribution in [-0.2, 0) is 12.4 Å². The van der Waals surface area contributed by atoms with Crippen LogP contribution in [0.4, 0.5) is 4.39 Å². The first-order valence-corrected chi connectivity index (χ1v) is 6.19. The molecule has 0 atom stereocenters. The molecule has 0 aliphatic rings. The molecular weight excluding hydrogens is 221 g/mol. The van der Waals surface area contributed by atoms with Crippen molar-refractivity contribution >= 4 is 23.4 Å². The van der Waals surface area contributed by atoms with Crippen LogP contribution in [0.1, 0.15) is 17.7 Å². The quantitative estimate of drug-likeness (QED) is 0.552. The first-order valence-electron chi connectivity index (χ1n) is 4.50. The van der Waals surface area contributed by atoms with Gasteiger partial charge in [0.15, 0.2) is 0 Å². The molecule has 1 rings (SSSR count). The van der Waals surface area contributed by atoms with Crippen LogP contribution in [0.2, 0.25) is 0 Å². The minimum Gasteiger partial charge on any atom is -0.258 e. The van der Waals surface area contributed by atoms with Gasteiger partial charge in [0.2, 0.25) is 0 Å². The van der Waals surface area contributed by atoms with Crippen molar-refractivity contribution in [1.29, 1.82) is 0 Å². The summed E-state index contributed by atoms with van der Waals surface area (Å²) in [6, 6.07) is 3.66. The largest absolute Gasteiger partial charge is 0.258 e. The van der Waals surface area contributed by atoms with Gasteiger partial charge in [0.25, 0.3) is 0 Å². The van der Waals surface area contributed by atoms with Crippen LogP contribution in [0.15, 0.2) is 18.3 Å². The van der Waals surface area contributed by atoms with E-state index in [9.17, 15) is 4.39 Å². The summed E-state index contributed by atoms with van der Waals surface area (Å²) in [5.41, 5.74) is 1.64. The molecule has 0 saturated carbocycles. The predicted octanol–water partition coefficient (Wildman–Crippen LogP) is 3.41. The lowest BCUT2D eigenvalue weighted by molar-refractivity contribution is 0.476. The average Bonchev–Trinajstić information content (AvgIpc) is 2.25. The molecule has 0 saturated heterocycles. The minimum atomic E-state index is -0.486. The highest BCUT2D eigenvalue weighted by molar-refractivity contribution is 7.98. The Bertz CT molecular complexity index is 253. The first kappa shape index (κ1) is 11.8. The molecule has 78 valence electrons. The van der Waals surface area contributed by atoms with Gasteiger partial charge in [0.05, 0.1) is 5.69 Å². The lowest BCUT2D eigenvalue weighted by Gasteiger charge is -2.00.